The van der Waals surface area contributed by atoms with Crippen molar-refractivity contribution in [2.75, 3.05) is 30.1 Å². The van der Waals surface area contributed by atoms with Crippen LogP contribution in [0.25, 0.3) is 10.8 Å². The summed E-state index contributed by atoms with van der Waals surface area (Å²) in [7, 11) is 1.34. The summed E-state index contributed by atoms with van der Waals surface area (Å²) in [5, 5.41) is 24.3. The summed E-state index contributed by atoms with van der Waals surface area (Å²) in [5.41, 5.74) is 2.91. The summed E-state index contributed by atoms with van der Waals surface area (Å²) in [6.45, 7) is 2.26. The van der Waals surface area contributed by atoms with Gasteiger partial charge in [-0.25, -0.2) is 0 Å². The van der Waals surface area contributed by atoms with Crippen LogP contribution in [0.15, 0.2) is 91.0 Å². The molecule has 0 spiro atoms. The maximum atomic E-state index is 14.2. The number of nitrogens with zero attached hydrogens (tertiary/aromatic N) is 3. The van der Waals surface area contributed by atoms with Gasteiger partial charge in [0.05, 0.1) is 36.7 Å². The first-order chi connectivity index (χ1) is 24.7. The quantitative estimate of drug-likeness (QED) is 0.121. The molecule has 3 aliphatic rings. The van der Waals surface area contributed by atoms with Crippen LogP contribution >= 0.6 is 0 Å². The first kappa shape index (κ1) is 34.1. The van der Waals surface area contributed by atoms with Gasteiger partial charge in [0.25, 0.3) is 11.8 Å². The molecule has 51 heavy (non-hydrogen) atoms. The minimum Gasteiger partial charge on any atom is -0.469 e. The molecule has 4 aromatic rings. The number of unbranched alkanes of at least 4 members (excludes halogenated alkanes) is 1. The number of aliphatic hydroxyl groups is 2. The smallest absolute Gasteiger partial charge is 0.305 e. The van der Waals surface area contributed by atoms with Gasteiger partial charge in [0, 0.05) is 48.5 Å². The predicted molar refractivity (Wildman–Crippen MR) is 193 cm³/mol. The highest BCUT2D eigenvalue weighted by Gasteiger charge is 2.53. The van der Waals surface area contributed by atoms with Gasteiger partial charge in [0.1, 0.15) is 0 Å². The lowest BCUT2D eigenvalue weighted by atomic mass is 9.82. The first-order valence-corrected chi connectivity index (χ1v) is 17.4. The van der Waals surface area contributed by atoms with Crippen molar-refractivity contribution >= 4 is 51.5 Å². The third kappa shape index (κ3) is 5.88. The van der Waals surface area contributed by atoms with Crippen molar-refractivity contribution in [2.24, 2.45) is 5.92 Å². The van der Waals surface area contributed by atoms with Crippen LogP contribution in [0.4, 0.5) is 17.1 Å². The second kappa shape index (κ2) is 13.8. The molecule has 4 aromatic carbocycles. The van der Waals surface area contributed by atoms with Crippen LogP contribution in [-0.2, 0) is 37.7 Å². The van der Waals surface area contributed by atoms with E-state index in [0.717, 1.165) is 27.6 Å². The number of hydrogen-bond donors (Lipinski definition) is 2. The average Bonchev–Trinajstić information content (AvgIpc) is 3.56. The number of esters is 1. The Morgan fingerprint density at radius 3 is 2.51 bits per heavy atom. The molecule has 0 saturated carbocycles. The number of amides is 3. The Bertz CT molecular complexity index is 2070. The Morgan fingerprint density at radius 1 is 0.980 bits per heavy atom. The van der Waals surface area contributed by atoms with Crippen LogP contribution < -0.4 is 9.80 Å². The Balaban J connectivity index is 1.17. The zero-order valence-corrected chi connectivity index (χ0v) is 28.7. The number of rotatable bonds is 11. The van der Waals surface area contributed by atoms with Gasteiger partial charge in [0.15, 0.2) is 5.60 Å². The Labute approximate surface area is 296 Å². The minimum atomic E-state index is -1.99. The number of anilines is 3. The fourth-order valence-corrected chi connectivity index (χ4v) is 7.78. The van der Waals surface area contributed by atoms with Crippen LogP contribution in [0, 0.1) is 5.92 Å². The highest BCUT2D eigenvalue weighted by atomic mass is 16.5. The monoisotopic (exact) mass is 687 g/mol. The van der Waals surface area contributed by atoms with Gasteiger partial charge in [-0.1, -0.05) is 67.6 Å². The van der Waals surface area contributed by atoms with Crippen molar-refractivity contribution in [3.05, 3.63) is 113 Å². The maximum absolute atomic E-state index is 14.2. The number of methoxy groups -OCH3 is 1. The summed E-state index contributed by atoms with van der Waals surface area (Å²) in [6, 6.07) is 24.2. The van der Waals surface area contributed by atoms with Gasteiger partial charge in [0.2, 0.25) is 5.91 Å². The lowest BCUT2D eigenvalue weighted by Crippen LogP contribution is -2.46. The van der Waals surface area contributed by atoms with E-state index in [9.17, 15) is 29.4 Å². The molecule has 0 aromatic heterocycles. The number of aliphatic hydroxyl groups excluding tert-OH is 1. The first-order valence-electron chi connectivity index (χ1n) is 17.4. The van der Waals surface area contributed by atoms with Gasteiger partial charge in [-0.05, 0) is 66.1 Å². The highest BCUT2D eigenvalue weighted by Crippen LogP contribution is 2.49. The predicted octanol–water partition coefficient (Wildman–Crippen LogP) is 5.54. The highest BCUT2D eigenvalue weighted by molar-refractivity contribution is 6.28. The number of hydrogen-bond acceptors (Lipinski definition) is 7. The van der Waals surface area contributed by atoms with Crippen molar-refractivity contribution in [1.29, 1.82) is 0 Å². The molecule has 10 nitrogen and oxygen atoms in total. The molecule has 0 aliphatic carbocycles. The lowest BCUT2D eigenvalue weighted by molar-refractivity contribution is -0.140. The van der Waals surface area contributed by atoms with E-state index in [-0.39, 0.29) is 49.8 Å². The number of fused-ring (bicyclic) bond motifs is 2. The van der Waals surface area contributed by atoms with Crippen LogP contribution in [0.5, 0.6) is 0 Å². The average molecular weight is 688 g/mol. The van der Waals surface area contributed by atoms with E-state index in [1.54, 1.807) is 58.0 Å². The van der Waals surface area contributed by atoms with Crippen LogP contribution in [0.2, 0.25) is 0 Å². The minimum absolute atomic E-state index is 0.0297. The molecule has 7 rings (SSSR count). The Kier molecular flexibility index (Phi) is 9.22. The zero-order chi connectivity index (χ0) is 35.9. The molecule has 0 bridgehead atoms. The second-order valence-corrected chi connectivity index (χ2v) is 13.5. The molecular formula is C41H41N3O7. The molecule has 0 fully saturated rings. The second-order valence-electron chi connectivity index (χ2n) is 13.5. The van der Waals surface area contributed by atoms with Crippen molar-refractivity contribution in [1.82, 2.24) is 4.90 Å². The van der Waals surface area contributed by atoms with E-state index >= 15 is 0 Å². The van der Waals surface area contributed by atoms with Crippen molar-refractivity contribution in [3.8, 4) is 0 Å². The zero-order valence-electron chi connectivity index (χ0n) is 28.7. The van der Waals surface area contributed by atoms with Gasteiger partial charge in [-0.3, -0.25) is 24.1 Å². The molecule has 3 atom stereocenters. The summed E-state index contributed by atoms with van der Waals surface area (Å²) in [5.74, 6) is -1.95. The summed E-state index contributed by atoms with van der Waals surface area (Å²) in [4.78, 5) is 58.1. The summed E-state index contributed by atoms with van der Waals surface area (Å²) < 4.78 is 4.76. The topological polar surface area (TPSA) is 128 Å². The number of benzene rings is 4. The fourth-order valence-electron chi connectivity index (χ4n) is 7.78. The van der Waals surface area contributed by atoms with E-state index in [0.29, 0.717) is 48.3 Å². The molecular weight excluding hydrogens is 646 g/mol. The van der Waals surface area contributed by atoms with E-state index in [1.807, 2.05) is 54.6 Å². The fraction of sp³-hybridized carbons (Fsp3) is 0.317. The molecule has 3 amide bonds. The Morgan fingerprint density at radius 2 is 1.75 bits per heavy atom. The van der Waals surface area contributed by atoms with Crippen molar-refractivity contribution in [2.45, 2.75) is 57.2 Å². The maximum Gasteiger partial charge on any atom is 0.305 e. The SMILES string of the molecule is COC(=O)CCCCN1C(=O)[C@](O)([C@H](C)/C=C/CC(=O)N2Cc3ccccc3C[C@H]2CO)c2cc(N3C(=O)c4cccc5cccc3c45)ccc21. The van der Waals surface area contributed by atoms with Gasteiger partial charge >= 0.3 is 5.97 Å². The van der Waals surface area contributed by atoms with Crippen molar-refractivity contribution in [3.63, 3.8) is 0 Å². The molecule has 0 radical (unpaired) electrons. The van der Waals surface area contributed by atoms with E-state index < -0.39 is 17.4 Å². The van der Waals surface area contributed by atoms with Crippen LogP contribution in [0.1, 0.15) is 59.7 Å². The molecule has 10 heteroatoms. The number of carbonyl (C=O) groups is 4. The normalized spacial score (nSPS) is 19.9. The molecule has 262 valence electrons. The summed E-state index contributed by atoms with van der Waals surface area (Å²) >= 11 is 0. The molecule has 3 heterocycles. The summed E-state index contributed by atoms with van der Waals surface area (Å²) in [6.07, 6.45) is 5.19. The van der Waals surface area contributed by atoms with Gasteiger partial charge in [-0.2, -0.15) is 0 Å². The van der Waals surface area contributed by atoms with Gasteiger partial charge < -0.3 is 24.7 Å². The lowest BCUT2D eigenvalue weighted by Gasteiger charge is -2.36. The number of ether oxygens (including phenoxy) is 1. The standard InChI is InChI=1S/C41H41N3O7/c1-26(10-7-17-36(46)43-24-29-12-4-3-11-28(29)22-31(43)25-45)41(50)33-23-30(19-20-34(33)42(40(41)49)21-6-5-18-37(47)51-2)44-35-16-9-14-27-13-8-15-32(38(27)35)39(44)48/h3-4,7-16,19-20,23,26,31,45,50H,5-6,17-18,21-22,24-25H2,1-2H3/b10-7+/t26-,31+,41+/m1/s1. The molecule has 0 saturated heterocycles. The third-order valence-corrected chi connectivity index (χ3v) is 10.6. The van der Waals surface area contributed by atoms with Crippen LogP contribution in [0.3, 0.4) is 0 Å². The van der Waals surface area contributed by atoms with E-state index in [4.69, 9.17) is 4.74 Å². The van der Waals surface area contributed by atoms with E-state index in [2.05, 4.69) is 0 Å². The molecule has 0 unspecified atom stereocenters. The molecule has 3 aliphatic heterocycles. The third-order valence-electron chi connectivity index (χ3n) is 10.6. The Hall–Kier alpha value is -5.32. The number of carbonyl (C=O) groups excluding carboxylic acids is 4. The van der Waals surface area contributed by atoms with E-state index in [1.165, 1.54) is 7.11 Å². The van der Waals surface area contributed by atoms with Gasteiger partial charge in [-0.15, -0.1) is 0 Å². The van der Waals surface area contributed by atoms with Crippen LogP contribution in [-0.4, -0.2) is 65.1 Å². The van der Waals surface area contributed by atoms with Crippen molar-refractivity contribution < 1.29 is 34.1 Å². The molecule has 2 N–H and O–H groups in total. The largest absolute Gasteiger partial charge is 0.469 e.